The number of anilines is 1. The van der Waals surface area contributed by atoms with Gasteiger partial charge >= 0.3 is 6.18 Å². The van der Waals surface area contributed by atoms with Gasteiger partial charge in [0.25, 0.3) is 5.91 Å². The molecule has 0 saturated heterocycles. The van der Waals surface area contributed by atoms with Crippen molar-refractivity contribution in [2.75, 3.05) is 5.32 Å². The second-order valence-electron chi connectivity index (χ2n) is 7.99. The fourth-order valence-corrected chi connectivity index (χ4v) is 3.70. The minimum atomic E-state index is -4.88. The average Bonchev–Trinajstić information content (AvgIpc) is 3.05. The number of amides is 1. The third kappa shape index (κ3) is 4.48. The highest BCUT2D eigenvalue weighted by Gasteiger charge is 2.39. The Kier molecular flexibility index (Phi) is 5.84. The lowest BCUT2D eigenvalue weighted by molar-refractivity contribution is -0.140. The number of aromatic nitrogens is 3. The van der Waals surface area contributed by atoms with Gasteiger partial charge in [-0.2, -0.15) is 18.3 Å². The summed E-state index contributed by atoms with van der Waals surface area (Å²) >= 11 is 0. The van der Waals surface area contributed by atoms with Crippen LogP contribution >= 0.6 is 0 Å². The number of alkyl halides is 3. The molecule has 2 aromatic heterocycles. The molecule has 34 heavy (non-hydrogen) atoms. The van der Waals surface area contributed by atoms with Crippen molar-refractivity contribution in [1.29, 1.82) is 0 Å². The lowest BCUT2D eigenvalue weighted by atomic mass is 10.0. The van der Waals surface area contributed by atoms with Crippen molar-refractivity contribution in [2.45, 2.75) is 33.5 Å². The number of rotatable bonds is 4. The van der Waals surface area contributed by atoms with E-state index in [1.165, 1.54) is 13.0 Å². The van der Waals surface area contributed by atoms with Crippen LogP contribution in [-0.2, 0) is 12.7 Å². The minimum absolute atomic E-state index is 0.0318. The zero-order valence-electron chi connectivity index (χ0n) is 18.4. The first-order chi connectivity index (χ1) is 15.9. The molecule has 10 heteroatoms. The third-order valence-corrected chi connectivity index (χ3v) is 5.39. The van der Waals surface area contributed by atoms with E-state index in [9.17, 15) is 26.7 Å². The van der Waals surface area contributed by atoms with Crippen molar-refractivity contribution in [2.24, 2.45) is 0 Å². The van der Waals surface area contributed by atoms with Crippen LogP contribution in [0.5, 0.6) is 0 Å². The number of pyridine rings is 1. The van der Waals surface area contributed by atoms with Crippen LogP contribution in [0.15, 0.2) is 42.5 Å². The highest BCUT2D eigenvalue weighted by molar-refractivity contribution is 6.13. The van der Waals surface area contributed by atoms with Crippen molar-refractivity contribution in [3.05, 3.63) is 87.9 Å². The Bertz CT molecular complexity index is 1430. The molecule has 4 rings (SSSR count). The summed E-state index contributed by atoms with van der Waals surface area (Å²) in [6.45, 7) is 4.45. The molecule has 0 unspecified atom stereocenters. The van der Waals surface area contributed by atoms with Gasteiger partial charge in [0.2, 0.25) is 0 Å². The van der Waals surface area contributed by atoms with E-state index >= 15 is 0 Å². The summed E-state index contributed by atoms with van der Waals surface area (Å²) in [5.74, 6) is -2.48. The van der Waals surface area contributed by atoms with Gasteiger partial charge in [-0.3, -0.25) is 14.5 Å². The van der Waals surface area contributed by atoms with Gasteiger partial charge in [-0.15, -0.1) is 0 Å². The lowest BCUT2D eigenvalue weighted by Gasteiger charge is -2.12. The van der Waals surface area contributed by atoms with Crippen LogP contribution in [-0.4, -0.2) is 20.7 Å². The topological polar surface area (TPSA) is 59.8 Å². The number of halogens is 5. The van der Waals surface area contributed by atoms with Gasteiger partial charge in [-0.25, -0.2) is 8.78 Å². The number of carbonyl (C=O) groups excluding carboxylic acids is 1. The fourth-order valence-electron chi connectivity index (χ4n) is 3.70. The van der Waals surface area contributed by atoms with E-state index in [1.54, 1.807) is 19.1 Å². The van der Waals surface area contributed by atoms with Crippen LogP contribution in [0.4, 0.5) is 27.6 Å². The van der Waals surface area contributed by atoms with Crippen LogP contribution in [0.1, 0.15) is 38.6 Å². The monoisotopic (exact) mass is 474 g/mol. The van der Waals surface area contributed by atoms with Gasteiger partial charge in [-0.1, -0.05) is 17.7 Å². The first-order valence-corrected chi connectivity index (χ1v) is 10.2. The van der Waals surface area contributed by atoms with Gasteiger partial charge in [0.05, 0.1) is 29.0 Å². The second-order valence-corrected chi connectivity index (χ2v) is 7.99. The maximum Gasteiger partial charge on any atom is 0.437 e. The largest absolute Gasteiger partial charge is 0.437 e. The van der Waals surface area contributed by atoms with Crippen LogP contribution in [0.2, 0.25) is 0 Å². The summed E-state index contributed by atoms with van der Waals surface area (Å²) in [7, 11) is 0. The molecule has 0 spiro atoms. The summed E-state index contributed by atoms with van der Waals surface area (Å²) < 4.78 is 69.5. The molecule has 5 nitrogen and oxygen atoms in total. The number of benzene rings is 2. The molecule has 2 heterocycles. The standard InChI is InChI=1S/C24H19F5N4O/c1-12-4-7-20-17(8-12)18(9-13(2)30-20)23(34)31-21-14(3)33(32-22(21)24(27,28)29)11-15-5-6-16(25)10-19(15)26/h4-10H,11H2,1-3H3,(H,31,34). The Morgan fingerprint density at radius 1 is 1.03 bits per heavy atom. The maximum absolute atomic E-state index is 14.1. The normalized spacial score (nSPS) is 11.8. The molecule has 0 radical (unpaired) electrons. The Labute approximate surface area is 191 Å². The number of hydrogen-bond donors (Lipinski definition) is 1. The van der Waals surface area contributed by atoms with Crippen molar-refractivity contribution in [3.8, 4) is 0 Å². The first-order valence-electron chi connectivity index (χ1n) is 10.2. The number of hydrogen-bond acceptors (Lipinski definition) is 3. The van der Waals surface area contributed by atoms with E-state index in [4.69, 9.17) is 0 Å². The number of fused-ring (bicyclic) bond motifs is 1. The molecule has 0 fully saturated rings. The van der Waals surface area contributed by atoms with Gasteiger partial charge in [0, 0.05) is 22.7 Å². The third-order valence-electron chi connectivity index (χ3n) is 5.39. The Balaban J connectivity index is 1.77. The number of carbonyl (C=O) groups is 1. The van der Waals surface area contributed by atoms with Crippen molar-refractivity contribution >= 4 is 22.5 Å². The molecule has 0 saturated carbocycles. The zero-order chi connectivity index (χ0) is 24.8. The highest BCUT2D eigenvalue weighted by atomic mass is 19.4. The van der Waals surface area contributed by atoms with E-state index in [0.29, 0.717) is 22.7 Å². The van der Waals surface area contributed by atoms with Crippen molar-refractivity contribution in [1.82, 2.24) is 14.8 Å². The van der Waals surface area contributed by atoms with E-state index in [1.807, 2.05) is 13.0 Å². The molecule has 1 amide bonds. The first kappa shape index (κ1) is 23.3. The summed E-state index contributed by atoms with van der Waals surface area (Å²) in [6.07, 6.45) is -4.88. The maximum atomic E-state index is 14.1. The Hall–Kier alpha value is -3.82. The van der Waals surface area contributed by atoms with Gasteiger partial charge < -0.3 is 5.32 Å². The van der Waals surface area contributed by atoms with E-state index < -0.39 is 35.1 Å². The SMILES string of the molecule is Cc1ccc2nc(C)cc(C(=O)Nc3c(C(F)(F)F)nn(Cc4ccc(F)cc4F)c3C)c2c1. The fraction of sp³-hybridized carbons (Fsp3) is 0.208. The molecule has 176 valence electrons. The van der Waals surface area contributed by atoms with E-state index in [2.05, 4.69) is 15.4 Å². The van der Waals surface area contributed by atoms with Crippen molar-refractivity contribution < 1.29 is 26.7 Å². The number of aryl methyl sites for hydroxylation is 2. The second kappa shape index (κ2) is 8.51. The molecule has 0 aliphatic heterocycles. The highest BCUT2D eigenvalue weighted by Crippen LogP contribution is 2.36. The molecule has 0 bridgehead atoms. The quantitative estimate of drug-likeness (QED) is 0.372. The van der Waals surface area contributed by atoms with Gasteiger partial charge in [-0.05, 0) is 45.0 Å². The van der Waals surface area contributed by atoms with Gasteiger partial charge in [0.15, 0.2) is 5.69 Å². The number of nitrogens with one attached hydrogen (secondary N) is 1. The summed E-state index contributed by atoms with van der Waals surface area (Å²) in [4.78, 5) is 17.5. The van der Waals surface area contributed by atoms with Crippen molar-refractivity contribution in [3.63, 3.8) is 0 Å². The molecular formula is C24H19F5N4O. The van der Waals surface area contributed by atoms with E-state index in [0.717, 1.165) is 22.4 Å². The zero-order valence-corrected chi connectivity index (χ0v) is 18.4. The Morgan fingerprint density at radius 2 is 1.76 bits per heavy atom. The average molecular weight is 474 g/mol. The summed E-state index contributed by atoms with van der Waals surface area (Å²) in [5.41, 5.74) is 0.148. The molecule has 0 atom stereocenters. The summed E-state index contributed by atoms with van der Waals surface area (Å²) in [6, 6.07) is 9.55. The summed E-state index contributed by atoms with van der Waals surface area (Å²) in [5, 5.41) is 6.43. The predicted octanol–water partition coefficient (Wildman–Crippen LogP) is 5.95. The van der Waals surface area contributed by atoms with Crippen LogP contribution < -0.4 is 5.32 Å². The Morgan fingerprint density at radius 3 is 2.44 bits per heavy atom. The predicted molar refractivity (Wildman–Crippen MR) is 117 cm³/mol. The molecule has 0 aliphatic carbocycles. The molecular weight excluding hydrogens is 455 g/mol. The smallest absolute Gasteiger partial charge is 0.319 e. The molecule has 1 N–H and O–H groups in total. The van der Waals surface area contributed by atoms with Gasteiger partial charge in [0.1, 0.15) is 11.6 Å². The lowest BCUT2D eigenvalue weighted by Crippen LogP contribution is -2.17. The molecule has 2 aromatic carbocycles. The number of nitrogens with zero attached hydrogens (tertiary/aromatic N) is 3. The minimum Gasteiger partial charge on any atom is -0.319 e. The van der Waals surface area contributed by atoms with Crippen LogP contribution in [0.25, 0.3) is 10.9 Å². The van der Waals surface area contributed by atoms with Crippen LogP contribution in [0, 0.1) is 32.4 Å². The molecule has 0 aliphatic rings. The molecule has 4 aromatic rings. The van der Waals surface area contributed by atoms with Crippen LogP contribution in [0.3, 0.4) is 0 Å². The van der Waals surface area contributed by atoms with E-state index in [-0.39, 0.29) is 23.4 Å².